The summed E-state index contributed by atoms with van der Waals surface area (Å²) in [6.45, 7) is 14.8. The van der Waals surface area contributed by atoms with E-state index in [1.54, 1.807) is 0 Å². The van der Waals surface area contributed by atoms with Gasteiger partial charge in [0, 0.05) is 5.41 Å². The fourth-order valence-corrected chi connectivity index (χ4v) is 2.59. The Bertz CT molecular complexity index is 399. The van der Waals surface area contributed by atoms with Crippen molar-refractivity contribution in [2.24, 2.45) is 10.8 Å². The summed E-state index contributed by atoms with van der Waals surface area (Å²) >= 11 is 0. The standard InChI is InChI=1S/C17H26O/c1-13(2)17(6,12-16(3,4)5)15(18)14-10-8-7-9-11-14/h7-11,15,18H,1,12H2,2-6H3. The molecule has 1 nitrogen and oxygen atoms in total. The number of benzene rings is 1. The fraction of sp³-hybridized carbons (Fsp3) is 0.529. The molecule has 0 bridgehead atoms. The third kappa shape index (κ3) is 3.46. The van der Waals surface area contributed by atoms with E-state index in [0.29, 0.717) is 0 Å². The molecule has 1 N–H and O–H groups in total. The topological polar surface area (TPSA) is 20.2 Å². The van der Waals surface area contributed by atoms with Crippen LogP contribution in [-0.2, 0) is 0 Å². The van der Waals surface area contributed by atoms with Crippen LogP contribution in [0.15, 0.2) is 42.5 Å². The first-order chi connectivity index (χ1) is 8.17. The van der Waals surface area contributed by atoms with Gasteiger partial charge in [0.2, 0.25) is 0 Å². The molecule has 1 rings (SSSR count). The molecule has 2 atom stereocenters. The van der Waals surface area contributed by atoms with Gasteiger partial charge in [0.05, 0.1) is 6.10 Å². The molecule has 0 spiro atoms. The Balaban J connectivity index is 3.09. The summed E-state index contributed by atoms with van der Waals surface area (Å²) in [5, 5.41) is 10.7. The van der Waals surface area contributed by atoms with Gasteiger partial charge in [-0.25, -0.2) is 0 Å². The van der Waals surface area contributed by atoms with Gasteiger partial charge >= 0.3 is 0 Å². The minimum atomic E-state index is -0.504. The molecule has 18 heavy (non-hydrogen) atoms. The van der Waals surface area contributed by atoms with Gasteiger partial charge in [-0.3, -0.25) is 0 Å². The molecule has 0 saturated carbocycles. The molecule has 0 fully saturated rings. The lowest BCUT2D eigenvalue weighted by atomic mass is 9.67. The summed E-state index contributed by atoms with van der Waals surface area (Å²) in [5.41, 5.74) is 1.87. The molecule has 0 amide bonds. The average molecular weight is 246 g/mol. The lowest BCUT2D eigenvalue weighted by molar-refractivity contribution is 0.0326. The zero-order valence-electron chi connectivity index (χ0n) is 12.3. The van der Waals surface area contributed by atoms with E-state index in [4.69, 9.17) is 0 Å². The second-order valence-corrected chi connectivity index (χ2v) is 6.75. The van der Waals surface area contributed by atoms with E-state index in [2.05, 4.69) is 34.3 Å². The van der Waals surface area contributed by atoms with Gasteiger partial charge in [-0.1, -0.05) is 70.2 Å². The van der Waals surface area contributed by atoms with Crippen molar-refractivity contribution >= 4 is 0 Å². The van der Waals surface area contributed by atoms with E-state index in [-0.39, 0.29) is 10.8 Å². The van der Waals surface area contributed by atoms with E-state index < -0.39 is 6.10 Å². The maximum Gasteiger partial charge on any atom is 0.0880 e. The van der Waals surface area contributed by atoms with Gasteiger partial charge in [-0.2, -0.15) is 0 Å². The molecule has 0 heterocycles. The van der Waals surface area contributed by atoms with Crippen molar-refractivity contribution in [2.75, 3.05) is 0 Å². The van der Waals surface area contributed by atoms with Crippen LogP contribution >= 0.6 is 0 Å². The molecule has 2 unspecified atom stereocenters. The van der Waals surface area contributed by atoms with Gasteiger partial charge in [0.1, 0.15) is 0 Å². The monoisotopic (exact) mass is 246 g/mol. The number of hydrogen-bond donors (Lipinski definition) is 1. The van der Waals surface area contributed by atoms with Crippen molar-refractivity contribution in [3.8, 4) is 0 Å². The summed E-state index contributed by atoms with van der Waals surface area (Å²) in [5.74, 6) is 0. The highest BCUT2D eigenvalue weighted by molar-refractivity contribution is 5.24. The van der Waals surface area contributed by atoms with E-state index in [1.807, 2.05) is 37.3 Å². The summed E-state index contributed by atoms with van der Waals surface area (Å²) in [6, 6.07) is 9.87. The Labute approximate surface area is 112 Å². The molecule has 100 valence electrons. The quantitative estimate of drug-likeness (QED) is 0.761. The Morgan fingerprint density at radius 3 is 2.06 bits per heavy atom. The lowest BCUT2D eigenvalue weighted by Gasteiger charge is -2.40. The van der Waals surface area contributed by atoms with Gasteiger partial charge in [0.15, 0.2) is 0 Å². The molecule has 0 aliphatic rings. The number of rotatable bonds is 4. The summed E-state index contributed by atoms with van der Waals surface area (Å²) in [7, 11) is 0. The molecule has 1 aromatic carbocycles. The zero-order chi connectivity index (χ0) is 14.0. The number of aliphatic hydroxyl groups is 1. The van der Waals surface area contributed by atoms with Crippen LogP contribution in [0.2, 0.25) is 0 Å². The first kappa shape index (κ1) is 15.0. The van der Waals surface area contributed by atoms with Gasteiger partial charge in [-0.05, 0) is 24.3 Å². The van der Waals surface area contributed by atoms with Crippen molar-refractivity contribution in [3.63, 3.8) is 0 Å². The summed E-state index contributed by atoms with van der Waals surface area (Å²) in [4.78, 5) is 0. The second kappa shape index (κ2) is 5.27. The first-order valence-electron chi connectivity index (χ1n) is 6.56. The van der Waals surface area contributed by atoms with Crippen LogP contribution in [0.25, 0.3) is 0 Å². The first-order valence-corrected chi connectivity index (χ1v) is 6.56. The predicted molar refractivity (Wildman–Crippen MR) is 78.4 cm³/mol. The number of hydrogen-bond acceptors (Lipinski definition) is 1. The average Bonchev–Trinajstić information content (AvgIpc) is 2.26. The van der Waals surface area contributed by atoms with Crippen molar-refractivity contribution < 1.29 is 5.11 Å². The maximum absolute atomic E-state index is 10.7. The third-order valence-electron chi connectivity index (χ3n) is 3.59. The van der Waals surface area contributed by atoms with E-state index in [0.717, 1.165) is 17.6 Å². The molecule has 1 aromatic rings. The Kier molecular flexibility index (Phi) is 4.39. The molecule has 0 radical (unpaired) electrons. The van der Waals surface area contributed by atoms with E-state index in [1.165, 1.54) is 0 Å². The minimum absolute atomic E-state index is 0.156. The normalized spacial score (nSPS) is 17.0. The highest BCUT2D eigenvalue weighted by Crippen LogP contribution is 2.47. The van der Waals surface area contributed by atoms with Crippen LogP contribution in [-0.4, -0.2) is 5.11 Å². The molecule has 0 aliphatic heterocycles. The third-order valence-corrected chi connectivity index (χ3v) is 3.59. The molecular weight excluding hydrogens is 220 g/mol. The molecule has 0 aliphatic carbocycles. The minimum Gasteiger partial charge on any atom is -0.388 e. The van der Waals surface area contributed by atoms with Gasteiger partial charge < -0.3 is 5.11 Å². The van der Waals surface area contributed by atoms with Gasteiger partial charge in [-0.15, -0.1) is 0 Å². The maximum atomic E-state index is 10.7. The Morgan fingerprint density at radius 2 is 1.67 bits per heavy atom. The van der Waals surface area contributed by atoms with Crippen molar-refractivity contribution in [1.82, 2.24) is 0 Å². The summed E-state index contributed by atoms with van der Waals surface area (Å²) in [6.07, 6.45) is 0.404. The van der Waals surface area contributed by atoms with E-state index in [9.17, 15) is 5.11 Å². The van der Waals surface area contributed by atoms with Gasteiger partial charge in [0.25, 0.3) is 0 Å². The molecule has 0 saturated heterocycles. The Morgan fingerprint density at radius 1 is 1.17 bits per heavy atom. The van der Waals surface area contributed by atoms with Crippen LogP contribution < -0.4 is 0 Å². The van der Waals surface area contributed by atoms with Crippen molar-refractivity contribution in [2.45, 2.75) is 47.1 Å². The highest BCUT2D eigenvalue weighted by atomic mass is 16.3. The SMILES string of the molecule is C=C(C)C(C)(CC(C)(C)C)C(O)c1ccccc1. The molecular formula is C17H26O. The van der Waals surface area contributed by atoms with Crippen LogP contribution in [0.5, 0.6) is 0 Å². The Hall–Kier alpha value is -1.08. The van der Waals surface area contributed by atoms with Crippen LogP contribution in [0.4, 0.5) is 0 Å². The smallest absolute Gasteiger partial charge is 0.0880 e. The largest absolute Gasteiger partial charge is 0.388 e. The van der Waals surface area contributed by atoms with Crippen molar-refractivity contribution in [3.05, 3.63) is 48.0 Å². The highest BCUT2D eigenvalue weighted by Gasteiger charge is 2.38. The fourth-order valence-electron chi connectivity index (χ4n) is 2.59. The van der Waals surface area contributed by atoms with E-state index >= 15 is 0 Å². The van der Waals surface area contributed by atoms with Crippen LogP contribution in [0.1, 0.15) is 52.7 Å². The second-order valence-electron chi connectivity index (χ2n) is 6.75. The number of aliphatic hydroxyl groups excluding tert-OH is 1. The predicted octanol–water partition coefficient (Wildman–Crippen LogP) is 4.74. The lowest BCUT2D eigenvalue weighted by Crippen LogP contribution is -2.31. The molecule has 1 heteroatoms. The summed E-state index contributed by atoms with van der Waals surface area (Å²) < 4.78 is 0. The van der Waals surface area contributed by atoms with Crippen LogP contribution in [0, 0.1) is 10.8 Å². The van der Waals surface area contributed by atoms with Crippen molar-refractivity contribution in [1.29, 1.82) is 0 Å². The van der Waals surface area contributed by atoms with Crippen LogP contribution in [0.3, 0.4) is 0 Å². The molecule has 0 aromatic heterocycles. The zero-order valence-corrected chi connectivity index (χ0v) is 12.3.